The van der Waals surface area contributed by atoms with Crippen molar-refractivity contribution in [1.29, 1.82) is 0 Å². The molecule has 0 saturated carbocycles. The van der Waals surface area contributed by atoms with Crippen molar-refractivity contribution in [1.82, 2.24) is 0 Å². The lowest BCUT2D eigenvalue weighted by Crippen LogP contribution is -2.20. The van der Waals surface area contributed by atoms with E-state index in [4.69, 9.17) is 11.6 Å². The normalized spacial score (nSPS) is 15.2. The zero-order chi connectivity index (χ0) is 12.3. The van der Waals surface area contributed by atoms with Gasteiger partial charge in [0.2, 0.25) is 0 Å². The molecular weight excluding hydrogens is 230 g/mol. The van der Waals surface area contributed by atoms with E-state index in [0.717, 1.165) is 0 Å². The van der Waals surface area contributed by atoms with Gasteiger partial charge in [-0.2, -0.15) is 0 Å². The first-order valence-electron chi connectivity index (χ1n) is 5.50. The molecule has 0 aromatic heterocycles. The fraction of sp³-hybridized carbons (Fsp3) is 0.538. The zero-order valence-corrected chi connectivity index (χ0v) is 10.6. The van der Waals surface area contributed by atoms with Gasteiger partial charge in [-0.25, -0.2) is 8.78 Å². The highest BCUT2D eigenvalue weighted by Gasteiger charge is 2.21. The Labute approximate surface area is 101 Å². The summed E-state index contributed by atoms with van der Waals surface area (Å²) in [4.78, 5) is 0. The van der Waals surface area contributed by atoms with Crippen LogP contribution in [0, 0.1) is 23.5 Å². The van der Waals surface area contributed by atoms with E-state index in [1.54, 1.807) is 0 Å². The molecule has 0 amide bonds. The van der Waals surface area contributed by atoms with Crippen LogP contribution >= 0.6 is 11.6 Å². The summed E-state index contributed by atoms with van der Waals surface area (Å²) < 4.78 is 26.8. The number of benzene rings is 1. The molecule has 0 radical (unpaired) electrons. The first-order valence-corrected chi connectivity index (χ1v) is 5.94. The van der Waals surface area contributed by atoms with Gasteiger partial charge in [0.05, 0.1) is 0 Å². The summed E-state index contributed by atoms with van der Waals surface area (Å²) in [6.45, 7) is 6.11. The molecule has 0 nitrogen and oxygen atoms in total. The summed E-state index contributed by atoms with van der Waals surface area (Å²) in [7, 11) is 0. The second-order valence-corrected chi connectivity index (χ2v) is 5.08. The topological polar surface area (TPSA) is 0 Å². The lowest BCUT2D eigenvalue weighted by Gasteiger charge is -2.21. The van der Waals surface area contributed by atoms with Gasteiger partial charge in [0, 0.05) is 10.9 Å². The fourth-order valence-corrected chi connectivity index (χ4v) is 1.97. The van der Waals surface area contributed by atoms with E-state index in [2.05, 4.69) is 13.8 Å². The molecule has 0 aliphatic heterocycles. The van der Waals surface area contributed by atoms with Crippen LogP contribution in [0.3, 0.4) is 0 Å². The van der Waals surface area contributed by atoms with E-state index in [0.29, 0.717) is 5.92 Å². The summed E-state index contributed by atoms with van der Waals surface area (Å²) in [6.07, 6.45) is 0.236. The Morgan fingerprint density at radius 2 is 1.62 bits per heavy atom. The first kappa shape index (κ1) is 13.4. The van der Waals surface area contributed by atoms with Gasteiger partial charge in [-0.3, -0.25) is 0 Å². The molecule has 0 aliphatic rings. The second kappa shape index (κ2) is 5.62. The summed E-state index contributed by atoms with van der Waals surface area (Å²) in [6, 6.07) is 3.90. The standard InChI is InChI=1S/C13H17ClF2/c1-8(2)9(3)11(14)7-10-12(15)5-4-6-13(10)16/h4-6,8-9,11H,7H2,1-3H3. The predicted octanol–water partition coefficient (Wildman–Crippen LogP) is 4.41. The monoisotopic (exact) mass is 246 g/mol. The van der Waals surface area contributed by atoms with Crippen LogP contribution in [0.4, 0.5) is 8.78 Å². The van der Waals surface area contributed by atoms with Crippen molar-refractivity contribution in [3.8, 4) is 0 Å². The van der Waals surface area contributed by atoms with Crippen LogP contribution in [0.1, 0.15) is 26.3 Å². The van der Waals surface area contributed by atoms with Crippen molar-refractivity contribution in [3.63, 3.8) is 0 Å². The quantitative estimate of drug-likeness (QED) is 0.691. The molecule has 0 fully saturated rings. The average Bonchev–Trinajstić information content (AvgIpc) is 2.22. The third-order valence-electron chi connectivity index (χ3n) is 3.08. The minimum atomic E-state index is -0.512. The lowest BCUT2D eigenvalue weighted by molar-refractivity contribution is 0.393. The van der Waals surface area contributed by atoms with E-state index in [9.17, 15) is 8.78 Å². The van der Waals surface area contributed by atoms with Crippen molar-refractivity contribution >= 4 is 11.6 Å². The zero-order valence-electron chi connectivity index (χ0n) is 9.81. The van der Waals surface area contributed by atoms with Crippen LogP contribution in [-0.4, -0.2) is 5.38 Å². The van der Waals surface area contributed by atoms with Crippen LogP contribution in [0.5, 0.6) is 0 Å². The molecule has 90 valence electrons. The van der Waals surface area contributed by atoms with Gasteiger partial charge >= 0.3 is 0 Å². The second-order valence-electron chi connectivity index (χ2n) is 4.52. The molecule has 0 aliphatic carbocycles. The highest BCUT2D eigenvalue weighted by atomic mass is 35.5. The Morgan fingerprint density at radius 1 is 1.12 bits per heavy atom. The summed E-state index contributed by atoms with van der Waals surface area (Å²) >= 11 is 6.17. The molecular formula is C13H17ClF2. The Morgan fingerprint density at radius 3 is 2.06 bits per heavy atom. The number of hydrogen-bond acceptors (Lipinski definition) is 0. The van der Waals surface area contributed by atoms with Crippen LogP contribution < -0.4 is 0 Å². The van der Waals surface area contributed by atoms with Crippen molar-refractivity contribution < 1.29 is 8.78 Å². The van der Waals surface area contributed by atoms with E-state index in [1.807, 2.05) is 6.92 Å². The van der Waals surface area contributed by atoms with Crippen molar-refractivity contribution in [3.05, 3.63) is 35.4 Å². The van der Waals surface area contributed by atoms with E-state index in [1.165, 1.54) is 18.2 Å². The molecule has 0 spiro atoms. The molecule has 0 bridgehead atoms. The molecule has 16 heavy (non-hydrogen) atoms. The van der Waals surface area contributed by atoms with Gasteiger partial charge in [-0.15, -0.1) is 11.6 Å². The number of rotatable bonds is 4. The largest absolute Gasteiger partial charge is 0.207 e. The number of halogens is 3. The van der Waals surface area contributed by atoms with Gasteiger partial charge < -0.3 is 0 Å². The Bertz CT molecular complexity index is 330. The highest BCUT2D eigenvalue weighted by molar-refractivity contribution is 6.20. The Balaban J connectivity index is 2.80. The van der Waals surface area contributed by atoms with Gasteiger partial charge in [0.25, 0.3) is 0 Å². The van der Waals surface area contributed by atoms with Crippen LogP contribution in [0.15, 0.2) is 18.2 Å². The van der Waals surface area contributed by atoms with E-state index >= 15 is 0 Å². The maximum atomic E-state index is 13.4. The maximum absolute atomic E-state index is 13.4. The summed E-state index contributed by atoms with van der Waals surface area (Å²) in [5, 5.41) is -0.244. The highest BCUT2D eigenvalue weighted by Crippen LogP contribution is 2.25. The first-order chi connectivity index (χ1) is 7.43. The minimum Gasteiger partial charge on any atom is -0.207 e. The minimum absolute atomic E-state index is 0.0926. The van der Waals surface area contributed by atoms with Crippen LogP contribution in [-0.2, 0) is 6.42 Å². The molecule has 1 aromatic carbocycles. The van der Waals surface area contributed by atoms with Crippen molar-refractivity contribution in [2.24, 2.45) is 11.8 Å². The van der Waals surface area contributed by atoms with Crippen molar-refractivity contribution in [2.45, 2.75) is 32.6 Å². The number of hydrogen-bond donors (Lipinski definition) is 0. The molecule has 2 atom stereocenters. The third kappa shape index (κ3) is 3.18. The summed E-state index contributed by atoms with van der Waals surface area (Å²) in [5.41, 5.74) is 0.0926. The maximum Gasteiger partial charge on any atom is 0.129 e. The fourth-order valence-electron chi connectivity index (χ4n) is 1.53. The van der Waals surface area contributed by atoms with Crippen molar-refractivity contribution in [2.75, 3.05) is 0 Å². The Kier molecular flexibility index (Phi) is 4.72. The van der Waals surface area contributed by atoms with Gasteiger partial charge in [0.15, 0.2) is 0 Å². The lowest BCUT2D eigenvalue weighted by atomic mass is 9.91. The molecule has 0 N–H and O–H groups in total. The third-order valence-corrected chi connectivity index (χ3v) is 3.63. The average molecular weight is 247 g/mol. The molecule has 0 heterocycles. The van der Waals surface area contributed by atoms with Gasteiger partial charge in [0.1, 0.15) is 11.6 Å². The smallest absolute Gasteiger partial charge is 0.129 e. The van der Waals surface area contributed by atoms with Crippen LogP contribution in [0.2, 0.25) is 0 Å². The van der Waals surface area contributed by atoms with Gasteiger partial charge in [-0.05, 0) is 30.4 Å². The van der Waals surface area contributed by atoms with E-state index < -0.39 is 11.6 Å². The van der Waals surface area contributed by atoms with E-state index in [-0.39, 0.29) is 23.3 Å². The SMILES string of the molecule is CC(C)C(C)C(Cl)Cc1c(F)cccc1F. The molecule has 1 rings (SSSR count). The molecule has 2 unspecified atom stereocenters. The summed E-state index contributed by atoms with van der Waals surface area (Å²) in [5.74, 6) is -0.402. The van der Waals surface area contributed by atoms with Gasteiger partial charge in [-0.1, -0.05) is 26.8 Å². The Hall–Kier alpha value is -0.630. The molecule has 1 aromatic rings. The molecule has 0 saturated heterocycles. The molecule has 3 heteroatoms. The van der Waals surface area contributed by atoms with Crippen LogP contribution in [0.25, 0.3) is 0 Å². The predicted molar refractivity (Wildman–Crippen MR) is 63.7 cm³/mol. The number of alkyl halides is 1.